The molecular weight excluding hydrogens is 230 g/mol. The van der Waals surface area contributed by atoms with E-state index in [9.17, 15) is 9.59 Å². The SMILES string of the molecule is CC=CC(C)CC(=O)N(C)CC(=O)OC(C)(C)C. The number of ether oxygens (including phenoxy) is 1. The molecule has 0 saturated heterocycles. The van der Waals surface area contributed by atoms with Crippen molar-refractivity contribution in [3.63, 3.8) is 0 Å². The molecule has 1 amide bonds. The van der Waals surface area contributed by atoms with E-state index >= 15 is 0 Å². The molecule has 0 bridgehead atoms. The van der Waals surface area contributed by atoms with E-state index in [1.165, 1.54) is 4.90 Å². The van der Waals surface area contributed by atoms with E-state index in [1.807, 2.05) is 26.0 Å². The fraction of sp³-hybridized carbons (Fsp3) is 0.714. The molecule has 1 atom stereocenters. The number of nitrogens with zero attached hydrogens (tertiary/aromatic N) is 1. The molecule has 0 saturated carbocycles. The number of carbonyl (C=O) groups is 2. The maximum absolute atomic E-state index is 11.8. The summed E-state index contributed by atoms with van der Waals surface area (Å²) in [5.41, 5.74) is -0.515. The van der Waals surface area contributed by atoms with Crippen molar-refractivity contribution in [3.05, 3.63) is 12.2 Å². The summed E-state index contributed by atoms with van der Waals surface area (Å²) in [6.45, 7) is 9.31. The fourth-order valence-electron chi connectivity index (χ4n) is 1.48. The average molecular weight is 255 g/mol. The van der Waals surface area contributed by atoms with Crippen LogP contribution in [0.3, 0.4) is 0 Å². The summed E-state index contributed by atoms with van der Waals surface area (Å²) in [7, 11) is 1.62. The third-order valence-electron chi connectivity index (χ3n) is 2.23. The van der Waals surface area contributed by atoms with Crippen LogP contribution in [0.5, 0.6) is 0 Å². The lowest BCUT2D eigenvalue weighted by molar-refractivity contribution is -0.158. The molecule has 0 spiro atoms. The molecule has 0 heterocycles. The topological polar surface area (TPSA) is 46.6 Å². The monoisotopic (exact) mass is 255 g/mol. The maximum Gasteiger partial charge on any atom is 0.326 e. The first-order valence-corrected chi connectivity index (χ1v) is 6.24. The van der Waals surface area contributed by atoms with E-state index in [0.29, 0.717) is 6.42 Å². The Hall–Kier alpha value is -1.32. The van der Waals surface area contributed by atoms with Crippen molar-refractivity contribution in [2.75, 3.05) is 13.6 Å². The molecule has 0 aliphatic heterocycles. The number of esters is 1. The number of carbonyl (C=O) groups excluding carboxylic acids is 2. The molecule has 0 aliphatic carbocycles. The van der Waals surface area contributed by atoms with Crippen molar-refractivity contribution in [2.24, 2.45) is 5.92 Å². The fourth-order valence-corrected chi connectivity index (χ4v) is 1.48. The van der Waals surface area contributed by atoms with Gasteiger partial charge in [0.25, 0.3) is 0 Å². The summed E-state index contributed by atoms with van der Waals surface area (Å²) in [6.07, 6.45) is 4.30. The highest BCUT2D eigenvalue weighted by Gasteiger charge is 2.20. The standard InChI is InChI=1S/C14H25NO3/c1-7-8-11(2)9-12(16)15(6)10-13(17)18-14(3,4)5/h7-8,11H,9-10H2,1-6H3. The summed E-state index contributed by atoms with van der Waals surface area (Å²) in [5.74, 6) is -0.243. The molecule has 18 heavy (non-hydrogen) atoms. The van der Waals surface area contributed by atoms with E-state index in [2.05, 4.69) is 0 Å². The number of hydrogen-bond acceptors (Lipinski definition) is 3. The Balaban J connectivity index is 4.20. The molecule has 0 N–H and O–H groups in total. The van der Waals surface area contributed by atoms with Crippen molar-refractivity contribution in [1.29, 1.82) is 0 Å². The van der Waals surface area contributed by atoms with E-state index in [1.54, 1.807) is 27.8 Å². The maximum atomic E-state index is 11.8. The minimum Gasteiger partial charge on any atom is -0.459 e. The summed E-state index contributed by atoms with van der Waals surface area (Å²) >= 11 is 0. The number of likely N-dealkylation sites (N-methyl/N-ethyl adjacent to an activating group) is 1. The molecule has 0 fully saturated rings. The van der Waals surface area contributed by atoms with Gasteiger partial charge in [0, 0.05) is 13.5 Å². The lowest BCUT2D eigenvalue weighted by Gasteiger charge is -2.23. The van der Waals surface area contributed by atoms with E-state index in [-0.39, 0.29) is 24.3 Å². The van der Waals surface area contributed by atoms with Crippen LogP contribution in [0.1, 0.15) is 41.0 Å². The van der Waals surface area contributed by atoms with Gasteiger partial charge in [0.15, 0.2) is 0 Å². The second-order valence-corrected chi connectivity index (χ2v) is 5.54. The zero-order valence-corrected chi connectivity index (χ0v) is 12.3. The zero-order valence-electron chi connectivity index (χ0n) is 12.3. The lowest BCUT2D eigenvalue weighted by atomic mass is 10.1. The third-order valence-corrected chi connectivity index (χ3v) is 2.23. The lowest BCUT2D eigenvalue weighted by Crippen LogP contribution is -2.36. The van der Waals surface area contributed by atoms with Crippen LogP contribution in [0.15, 0.2) is 12.2 Å². The normalized spacial score (nSPS) is 13.4. The van der Waals surface area contributed by atoms with Crippen molar-refractivity contribution in [3.8, 4) is 0 Å². The van der Waals surface area contributed by atoms with Crippen LogP contribution in [0.2, 0.25) is 0 Å². The van der Waals surface area contributed by atoms with Gasteiger partial charge in [-0.3, -0.25) is 9.59 Å². The second kappa shape index (κ2) is 7.19. The number of amides is 1. The first-order valence-electron chi connectivity index (χ1n) is 6.24. The van der Waals surface area contributed by atoms with Crippen molar-refractivity contribution >= 4 is 11.9 Å². The molecule has 104 valence electrons. The number of rotatable bonds is 5. The van der Waals surface area contributed by atoms with Gasteiger partial charge < -0.3 is 9.64 Å². The third kappa shape index (κ3) is 7.87. The molecule has 1 unspecified atom stereocenters. The van der Waals surface area contributed by atoms with Crippen molar-refractivity contribution in [2.45, 2.75) is 46.6 Å². The van der Waals surface area contributed by atoms with Gasteiger partial charge in [0.2, 0.25) is 5.91 Å². The van der Waals surface area contributed by atoms with Crippen LogP contribution in [-0.4, -0.2) is 36.0 Å². The van der Waals surface area contributed by atoms with Crippen molar-refractivity contribution in [1.82, 2.24) is 4.90 Å². The zero-order chi connectivity index (χ0) is 14.3. The van der Waals surface area contributed by atoms with Crippen LogP contribution >= 0.6 is 0 Å². The Labute approximate surface area is 110 Å². The van der Waals surface area contributed by atoms with E-state index in [0.717, 1.165) is 0 Å². The molecule has 0 aromatic rings. The predicted molar refractivity (Wildman–Crippen MR) is 72.1 cm³/mol. The second-order valence-electron chi connectivity index (χ2n) is 5.54. The molecule has 0 radical (unpaired) electrons. The van der Waals surface area contributed by atoms with Crippen molar-refractivity contribution < 1.29 is 14.3 Å². The minimum atomic E-state index is -0.515. The largest absolute Gasteiger partial charge is 0.459 e. The molecule has 0 aromatic carbocycles. The van der Waals surface area contributed by atoms with Gasteiger partial charge in [-0.15, -0.1) is 0 Å². The Morgan fingerprint density at radius 2 is 1.89 bits per heavy atom. The summed E-state index contributed by atoms with van der Waals surface area (Å²) in [5, 5.41) is 0. The quantitative estimate of drug-likeness (QED) is 0.560. The minimum absolute atomic E-state index is 0.00133. The highest BCUT2D eigenvalue weighted by atomic mass is 16.6. The summed E-state index contributed by atoms with van der Waals surface area (Å²) in [6, 6.07) is 0. The molecule has 0 aliphatic rings. The van der Waals surface area contributed by atoms with E-state index in [4.69, 9.17) is 4.74 Å². The molecule has 4 heteroatoms. The smallest absolute Gasteiger partial charge is 0.326 e. The molecule has 0 aromatic heterocycles. The Morgan fingerprint density at radius 3 is 2.33 bits per heavy atom. The van der Waals surface area contributed by atoms with Crippen LogP contribution in [0.25, 0.3) is 0 Å². The van der Waals surface area contributed by atoms with Gasteiger partial charge in [-0.2, -0.15) is 0 Å². The van der Waals surface area contributed by atoms with Crippen LogP contribution < -0.4 is 0 Å². The highest BCUT2D eigenvalue weighted by molar-refractivity contribution is 5.82. The summed E-state index contributed by atoms with van der Waals surface area (Å²) < 4.78 is 5.16. The molecule has 0 rings (SSSR count). The Morgan fingerprint density at radius 1 is 1.33 bits per heavy atom. The Kier molecular flexibility index (Phi) is 6.66. The van der Waals surface area contributed by atoms with Crippen LogP contribution in [0, 0.1) is 5.92 Å². The van der Waals surface area contributed by atoms with Crippen LogP contribution in [0.4, 0.5) is 0 Å². The first-order chi connectivity index (χ1) is 8.15. The highest BCUT2D eigenvalue weighted by Crippen LogP contribution is 2.09. The van der Waals surface area contributed by atoms with Gasteiger partial charge in [0.1, 0.15) is 12.1 Å². The van der Waals surface area contributed by atoms with Gasteiger partial charge in [-0.25, -0.2) is 0 Å². The van der Waals surface area contributed by atoms with Gasteiger partial charge in [-0.05, 0) is 33.6 Å². The molecule has 4 nitrogen and oxygen atoms in total. The van der Waals surface area contributed by atoms with Gasteiger partial charge in [0.05, 0.1) is 0 Å². The number of hydrogen-bond donors (Lipinski definition) is 0. The van der Waals surface area contributed by atoms with Gasteiger partial charge in [-0.1, -0.05) is 19.1 Å². The average Bonchev–Trinajstić information content (AvgIpc) is 2.14. The molecular formula is C14H25NO3. The Bertz CT molecular complexity index is 315. The van der Waals surface area contributed by atoms with E-state index < -0.39 is 5.60 Å². The van der Waals surface area contributed by atoms with Gasteiger partial charge >= 0.3 is 5.97 Å². The summed E-state index contributed by atoms with van der Waals surface area (Å²) in [4.78, 5) is 24.8. The predicted octanol–water partition coefficient (Wildman–Crippen LogP) is 2.39. The first kappa shape index (κ1) is 16.7. The van der Waals surface area contributed by atoms with Crippen LogP contribution in [-0.2, 0) is 14.3 Å². The number of allylic oxidation sites excluding steroid dienone is 2.